The van der Waals surface area contributed by atoms with Crippen LogP contribution in [0, 0.1) is 31.6 Å². The van der Waals surface area contributed by atoms with Gasteiger partial charge in [0, 0.05) is 36.8 Å². The zero-order valence-corrected chi connectivity index (χ0v) is 22.8. The van der Waals surface area contributed by atoms with E-state index in [1.54, 1.807) is 6.07 Å². The lowest BCUT2D eigenvalue weighted by atomic mass is 9.61. The molecule has 4 fully saturated rings. The third kappa shape index (κ3) is 3.70. The smallest absolute Gasteiger partial charge is 0.261 e. The Kier molecular flexibility index (Phi) is 5.54. The predicted octanol–water partition coefficient (Wildman–Crippen LogP) is 2.55. The third-order valence-electron chi connectivity index (χ3n) is 10.7. The highest BCUT2D eigenvalue weighted by Crippen LogP contribution is 2.60. The number of carbonyl (C=O) groups excluding carboxylic acids is 2. The lowest BCUT2D eigenvalue weighted by Crippen LogP contribution is -2.58. The van der Waals surface area contributed by atoms with Crippen LogP contribution in [-0.2, 0) is 23.1 Å². The monoisotopic (exact) mass is 530 g/mol. The van der Waals surface area contributed by atoms with E-state index >= 15 is 0 Å². The van der Waals surface area contributed by atoms with Gasteiger partial charge in [0.05, 0.1) is 0 Å². The topological polar surface area (TPSA) is 120 Å². The molecule has 5 unspecified atom stereocenters. The van der Waals surface area contributed by atoms with Gasteiger partial charge >= 0.3 is 0 Å². The second-order valence-electron chi connectivity index (χ2n) is 13.0. The third-order valence-corrected chi connectivity index (χ3v) is 10.7. The van der Waals surface area contributed by atoms with Crippen LogP contribution in [0.25, 0.3) is 0 Å². The van der Waals surface area contributed by atoms with Crippen LogP contribution in [0.4, 0.5) is 0 Å². The zero-order valence-electron chi connectivity index (χ0n) is 22.8. The number of carbonyl (C=O) groups is 2. The van der Waals surface area contributed by atoms with Gasteiger partial charge in [0.25, 0.3) is 11.5 Å². The van der Waals surface area contributed by atoms with Gasteiger partial charge in [-0.05, 0) is 111 Å². The number of hydrogen-bond acceptors (Lipinski definition) is 5. The van der Waals surface area contributed by atoms with Crippen molar-refractivity contribution in [2.45, 2.75) is 76.3 Å². The molecule has 2 aromatic rings. The number of likely N-dealkylation sites (tertiary alicyclic amines) is 2. The van der Waals surface area contributed by atoms with E-state index in [-0.39, 0.29) is 28.2 Å². The van der Waals surface area contributed by atoms with Crippen molar-refractivity contribution in [2.75, 3.05) is 19.6 Å². The SMILES string of the molecule is Cc1ccc(O)cc1C12Cc3[nH]c(=O)c(C(=O)N4CCCC4C(N)=O)c(C)c3CC1C1C(CN1CC1CC1)C2. The van der Waals surface area contributed by atoms with Gasteiger partial charge in [0.2, 0.25) is 5.91 Å². The van der Waals surface area contributed by atoms with Crippen molar-refractivity contribution in [2.24, 2.45) is 23.5 Å². The average Bonchev–Trinajstić information content (AvgIpc) is 3.48. The number of aromatic hydroxyl groups is 1. The van der Waals surface area contributed by atoms with Crippen molar-refractivity contribution in [3.05, 3.63) is 62.1 Å². The minimum atomic E-state index is -0.657. The number of H-pyrrole nitrogens is 1. The fourth-order valence-corrected chi connectivity index (χ4v) is 8.80. The van der Waals surface area contributed by atoms with E-state index in [2.05, 4.69) is 16.8 Å². The molecule has 7 rings (SSSR count). The van der Waals surface area contributed by atoms with Gasteiger partial charge in [0.15, 0.2) is 0 Å². The summed E-state index contributed by atoms with van der Waals surface area (Å²) in [5.41, 5.74) is 10.3. The number of pyridine rings is 1. The van der Waals surface area contributed by atoms with Crippen LogP contribution >= 0.6 is 0 Å². The van der Waals surface area contributed by atoms with Gasteiger partial charge in [-0.3, -0.25) is 19.3 Å². The minimum absolute atomic E-state index is 0.154. The van der Waals surface area contributed by atoms with Crippen LogP contribution in [0.1, 0.15) is 70.4 Å². The van der Waals surface area contributed by atoms with Gasteiger partial charge in [0.1, 0.15) is 17.4 Å². The summed E-state index contributed by atoms with van der Waals surface area (Å²) in [5, 5.41) is 10.5. The Bertz CT molecular complexity index is 1440. The van der Waals surface area contributed by atoms with Crippen LogP contribution in [0.2, 0.25) is 0 Å². The van der Waals surface area contributed by atoms with Crippen LogP contribution < -0.4 is 11.3 Å². The van der Waals surface area contributed by atoms with Gasteiger partial charge in [-0.15, -0.1) is 0 Å². The number of amides is 2. The number of fused-ring (bicyclic) bond motifs is 4. The number of aromatic nitrogens is 1. The molecule has 5 aliphatic rings. The zero-order chi connectivity index (χ0) is 27.2. The standard InChI is InChI=1S/C31H38N4O4/c1-16-5-8-20(36)10-22(16)31-12-19-15-34(14-18-6-7-18)27(19)23(31)11-21-17(2)26(29(38)33-24(21)13-31)30(39)35-9-3-4-25(35)28(32)37/h5,8,10,18-19,23,25,27,36H,3-4,6-7,9,11-15H2,1-2H3,(H2,32,37)(H,33,38). The van der Waals surface area contributed by atoms with Crippen molar-refractivity contribution in [3.8, 4) is 5.75 Å². The maximum Gasteiger partial charge on any atom is 0.261 e. The molecule has 3 heterocycles. The largest absolute Gasteiger partial charge is 0.508 e. The van der Waals surface area contributed by atoms with Crippen molar-refractivity contribution in [1.82, 2.24) is 14.8 Å². The average molecular weight is 531 g/mol. The van der Waals surface area contributed by atoms with Gasteiger partial charge in [-0.25, -0.2) is 0 Å². The molecule has 8 nitrogen and oxygen atoms in total. The second-order valence-corrected chi connectivity index (χ2v) is 13.0. The summed E-state index contributed by atoms with van der Waals surface area (Å²) in [6, 6.07) is 5.53. The molecule has 5 atom stereocenters. The molecule has 0 spiro atoms. The molecule has 2 amide bonds. The van der Waals surface area contributed by atoms with E-state index in [4.69, 9.17) is 5.73 Å². The maximum absolute atomic E-state index is 13.7. The van der Waals surface area contributed by atoms with Crippen LogP contribution in [0.3, 0.4) is 0 Å². The van der Waals surface area contributed by atoms with E-state index in [9.17, 15) is 19.5 Å². The molecule has 39 heavy (non-hydrogen) atoms. The van der Waals surface area contributed by atoms with Crippen molar-refractivity contribution < 1.29 is 14.7 Å². The predicted molar refractivity (Wildman–Crippen MR) is 147 cm³/mol. The fourth-order valence-electron chi connectivity index (χ4n) is 8.80. The number of aromatic amines is 1. The summed E-state index contributed by atoms with van der Waals surface area (Å²) in [4.78, 5) is 46.5. The molecule has 1 aromatic heterocycles. The number of nitrogens with one attached hydrogen (secondary N) is 1. The summed E-state index contributed by atoms with van der Waals surface area (Å²) in [5.74, 6) is 1.13. The molecule has 8 heteroatoms. The molecule has 2 saturated heterocycles. The summed E-state index contributed by atoms with van der Waals surface area (Å²) in [6.07, 6.45) is 6.42. The summed E-state index contributed by atoms with van der Waals surface area (Å²) in [6.45, 7) is 6.75. The van der Waals surface area contributed by atoms with Crippen LogP contribution in [0.15, 0.2) is 23.0 Å². The first-order valence-electron chi connectivity index (χ1n) is 14.6. The molecule has 3 aliphatic carbocycles. The molecular formula is C31H38N4O4. The summed E-state index contributed by atoms with van der Waals surface area (Å²) in [7, 11) is 0. The van der Waals surface area contributed by atoms with Gasteiger partial charge in [-0.2, -0.15) is 0 Å². The number of phenolic OH excluding ortho intramolecular Hbond substituents is 1. The van der Waals surface area contributed by atoms with E-state index < -0.39 is 11.9 Å². The highest BCUT2D eigenvalue weighted by molar-refractivity contribution is 5.98. The Hall–Kier alpha value is -3.13. The molecule has 0 bridgehead atoms. The van der Waals surface area contributed by atoms with E-state index in [1.807, 2.05) is 19.1 Å². The number of benzene rings is 1. The number of nitrogens with two attached hydrogens (primary N) is 1. The molecule has 2 saturated carbocycles. The van der Waals surface area contributed by atoms with E-state index in [0.29, 0.717) is 43.7 Å². The van der Waals surface area contributed by atoms with Crippen molar-refractivity contribution in [1.29, 1.82) is 0 Å². The molecule has 0 radical (unpaired) electrons. The van der Waals surface area contributed by atoms with Gasteiger partial charge < -0.3 is 20.7 Å². The quantitative estimate of drug-likeness (QED) is 0.549. The number of primary amides is 1. The van der Waals surface area contributed by atoms with Gasteiger partial charge in [-0.1, -0.05) is 6.07 Å². The number of aryl methyl sites for hydroxylation is 1. The first-order chi connectivity index (χ1) is 18.7. The molecule has 206 valence electrons. The minimum Gasteiger partial charge on any atom is -0.508 e. The maximum atomic E-state index is 13.7. The Labute approximate surface area is 228 Å². The van der Waals surface area contributed by atoms with Crippen LogP contribution in [0.5, 0.6) is 5.75 Å². The number of nitrogens with zero attached hydrogens (tertiary/aromatic N) is 2. The summed E-state index contributed by atoms with van der Waals surface area (Å²) < 4.78 is 0. The number of phenols is 1. The Morgan fingerprint density at radius 2 is 2.00 bits per heavy atom. The highest BCUT2D eigenvalue weighted by Gasteiger charge is 2.62. The van der Waals surface area contributed by atoms with Crippen LogP contribution in [-0.4, -0.2) is 63.4 Å². The van der Waals surface area contributed by atoms with E-state index in [0.717, 1.165) is 48.7 Å². The molecule has 1 aromatic carbocycles. The lowest BCUT2D eigenvalue weighted by Gasteiger charge is -2.50. The highest BCUT2D eigenvalue weighted by atomic mass is 16.3. The number of hydrogen-bond donors (Lipinski definition) is 3. The second kappa shape index (κ2) is 8.68. The number of rotatable bonds is 5. The normalized spacial score (nSPS) is 31.4. The first-order valence-corrected chi connectivity index (χ1v) is 14.6. The Morgan fingerprint density at radius 1 is 1.21 bits per heavy atom. The summed E-state index contributed by atoms with van der Waals surface area (Å²) >= 11 is 0. The fraction of sp³-hybridized carbons (Fsp3) is 0.581. The van der Waals surface area contributed by atoms with E-state index in [1.165, 1.54) is 28.9 Å². The van der Waals surface area contributed by atoms with Crippen molar-refractivity contribution in [3.63, 3.8) is 0 Å². The molecular weight excluding hydrogens is 492 g/mol. The molecule has 4 N–H and O–H groups in total. The molecule has 2 aliphatic heterocycles. The first kappa shape index (κ1) is 24.9. The lowest BCUT2D eigenvalue weighted by molar-refractivity contribution is -0.121. The Balaban J connectivity index is 1.32. The Morgan fingerprint density at radius 3 is 2.74 bits per heavy atom. The van der Waals surface area contributed by atoms with Crippen molar-refractivity contribution >= 4 is 11.8 Å².